The van der Waals surface area contributed by atoms with E-state index in [2.05, 4.69) is 4.74 Å². The molecule has 1 rings (SSSR count). The van der Waals surface area contributed by atoms with Crippen LogP contribution < -0.4 is 5.73 Å². The van der Waals surface area contributed by atoms with Crippen molar-refractivity contribution in [3.05, 3.63) is 28.3 Å². The molecule has 0 radical (unpaired) electrons. The number of methoxy groups -OCH3 is 2. The Morgan fingerprint density at radius 1 is 1.47 bits per heavy atom. The highest BCUT2D eigenvalue weighted by Gasteiger charge is 2.13. The number of carbonyl (C=O) groups excluding carboxylic acids is 1. The van der Waals surface area contributed by atoms with Crippen LogP contribution in [-0.4, -0.2) is 20.2 Å². The van der Waals surface area contributed by atoms with Crippen molar-refractivity contribution in [3.63, 3.8) is 0 Å². The number of hydrogen-bond acceptors (Lipinski definition) is 4. The third-order valence-corrected chi connectivity index (χ3v) is 2.28. The van der Waals surface area contributed by atoms with Crippen LogP contribution >= 0.6 is 11.6 Å². The van der Waals surface area contributed by atoms with Gasteiger partial charge < -0.3 is 15.2 Å². The van der Waals surface area contributed by atoms with Crippen LogP contribution in [0, 0.1) is 0 Å². The largest absolute Gasteiger partial charge is 0.465 e. The maximum atomic E-state index is 11.3. The topological polar surface area (TPSA) is 61.5 Å². The number of ether oxygens (including phenoxy) is 2. The van der Waals surface area contributed by atoms with Crippen molar-refractivity contribution in [2.24, 2.45) is 0 Å². The van der Waals surface area contributed by atoms with E-state index in [-0.39, 0.29) is 5.56 Å². The molecular formula is C10H12ClNO3. The molecule has 0 bridgehead atoms. The molecule has 1 aromatic rings. The summed E-state index contributed by atoms with van der Waals surface area (Å²) in [6.45, 7) is 0.352. The number of carbonyl (C=O) groups is 1. The minimum Gasteiger partial charge on any atom is -0.465 e. The maximum Gasteiger partial charge on any atom is 0.340 e. The first-order valence-corrected chi connectivity index (χ1v) is 4.63. The number of hydrogen-bond donors (Lipinski definition) is 1. The van der Waals surface area contributed by atoms with Gasteiger partial charge in [-0.1, -0.05) is 11.6 Å². The highest BCUT2D eigenvalue weighted by molar-refractivity contribution is 6.31. The van der Waals surface area contributed by atoms with Crippen molar-refractivity contribution in [1.29, 1.82) is 0 Å². The van der Waals surface area contributed by atoms with Gasteiger partial charge >= 0.3 is 5.97 Å². The van der Waals surface area contributed by atoms with Gasteiger partial charge in [-0.05, 0) is 17.7 Å². The third-order valence-electron chi connectivity index (χ3n) is 1.92. The van der Waals surface area contributed by atoms with Crippen LogP contribution in [0.5, 0.6) is 0 Å². The number of halogens is 1. The summed E-state index contributed by atoms with van der Waals surface area (Å²) < 4.78 is 9.50. The van der Waals surface area contributed by atoms with Crippen molar-refractivity contribution in [2.75, 3.05) is 20.0 Å². The Bertz CT molecular complexity index is 379. The highest BCUT2D eigenvalue weighted by atomic mass is 35.5. The predicted octanol–water partition coefficient (Wildman–Crippen LogP) is 1.86. The summed E-state index contributed by atoms with van der Waals surface area (Å²) >= 11 is 5.94. The van der Waals surface area contributed by atoms with Crippen LogP contribution in [0.3, 0.4) is 0 Å². The van der Waals surface area contributed by atoms with Crippen LogP contribution in [-0.2, 0) is 16.1 Å². The SMILES string of the molecule is COCc1cc(N)c(C(=O)OC)cc1Cl. The molecule has 15 heavy (non-hydrogen) atoms. The zero-order valence-corrected chi connectivity index (χ0v) is 9.30. The second kappa shape index (κ2) is 5.00. The Balaban J connectivity index is 3.13. The lowest BCUT2D eigenvalue weighted by atomic mass is 10.1. The fourth-order valence-corrected chi connectivity index (χ4v) is 1.41. The van der Waals surface area contributed by atoms with Gasteiger partial charge in [-0.3, -0.25) is 0 Å². The molecule has 0 unspecified atom stereocenters. The fraction of sp³-hybridized carbons (Fsp3) is 0.300. The predicted molar refractivity (Wildman–Crippen MR) is 57.9 cm³/mol. The number of rotatable bonds is 3. The van der Waals surface area contributed by atoms with Gasteiger partial charge in [-0.15, -0.1) is 0 Å². The third kappa shape index (κ3) is 2.61. The Kier molecular flexibility index (Phi) is 3.94. The minimum atomic E-state index is -0.502. The molecule has 0 saturated carbocycles. The molecule has 0 saturated heterocycles. The summed E-state index contributed by atoms with van der Waals surface area (Å²) in [5.74, 6) is -0.502. The lowest BCUT2D eigenvalue weighted by molar-refractivity contribution is 0.0602. The van der Waals surface area contributed by atoms with Crippen LogP contribution in [0.15, 0.2) is 12.1 Å². The summed E-state index contributed by atoms with van der Waals surface area (Å²) in [4.78, 5) is 11.3. The lowest BCUT2D eigenvalue weighted by Gasteiger charge is -2.08. The molecule has 0 fully saturated rings. The molecule has 0 aliphatic carbocycles. The van der Waals surface area contributed by atoms with Crippen molar-refractivity contribution in [3.8, 4) is 0 Å². The van der Waals surface area contributed by atoms with Crippen molar-refractivity contribution in [2.45, 2.75) is 6.61 Å². The van der Waals surface area contributed by atoms with E-state index in [1.54, 1.807) is 13.2 Å². The van der Waals surface area contributed by atoms with Crippen LogP contribution in [0.1, 0.15) is 15.9 Å². The number of esters is 1. The van der Waals surface area contributed by atoms with Gasteiger partial charge in [0.1, 0.15) is 0 Å². The first kappa shape index (κ1) is 11.8. The molecule has 5 heteroatoms. The zero-order chi connectivity index (χ0) is 11.4. The van der Waals surface area contributed by atoms with Gasteiger partial charge in [-0.2, -0.15) is 0 Å². The average molecular weight is 230 g/mol. The molecule has 0 aliphatic rings. The summed E-state index contributed by atoms with van der Waals surface area (Å²) in [7, 11) is 2.85. The summed E-state index contributed by atoms with van der Waals surface area (Å²) in [5.41, 5.74) is 7.02. The van der Waals surface area contributed by atoms with Gasteiger partial charge in [0.15, 0.2) is 0 Å². The molecule has 0 amide bonds. The number of nitrogens with two attached hydrogens (primary N) is 1. The first-order chi connectivity index (χ1) is 7.10. The van der Waals surface area contributed by atoms with Gasteiger partial charge in [0, 0.05) is 17.8 Å². The molecule has 82 valence electrons. The van der Waals surface area contributed by atoms with Crippen molar-refractivity contribution in [1.82, 2.24) is 0 Å². The summed E-state index contributed by atoms with van der Waals surface area (Å²) in [5, 5.41) is 0.437. The quantitative estimate of drug-likeness (QED) is 0.635. The molecule has 0 spiro atoms. The number of anilines is 1. The van der Waals surface area contributed by atoms with E-state index in [0.717, 1.165) is 5.56 Å². The second-order valence-electron chi connectivity index (χ2n) is 2.96. The van der Waals surface area contributed by atoms with Crippen molar-refractivity contribution < 1.29 is 14.3 Å². The Labute approximate surface area is 92.9 Å². The average Bonchev–Trinajstić information content (AvgIpc) is 2.22. The fourth-order valence-electron chi connectivity index (χ4n) is 1.19. The van der Waals surface area contributed by atoms with E-state index in [1.165, 1.54) is 13.2 Å². The Morgan fingerprint density at radius 2 is 2.13 bits per heavy atom. The molecule has 1 aromatic carbocycles. The van der Waals surface area contributed by atoms with Gasteiger partial charge in [0.2, 0.25) is 0 Å². The number of nitrogen functional groups attached to an aromatic ring is 1. The smallest absolute Gasteiger partial charge is 0.340 e. The Morgan fingerprint density at radius 3 is 2.67 bits per heavy atom. The van der Waals surface area contributed by atoms with E-state index in [1.807, 2.05) is 0 Å². The van der Waals surface area contributed by atoms with Gasteiger partial charge in [0.25, 0.3) is 0 Å². The first-order valence-electron chi connectivity index (χ1n) is 4.25. The van der Waals surface area contributed by atoms with E-state index in [0.29, 0.717) is 17.3 Å². The highest BCUT2D eigenvalue weighted by Crippen LogP contribution is 2.24. The summed E-state index contributed by atoms with van der Waals surface area (Å²) in [6.07, 6.45) is 0. The minimum absolute atomic E-state index is 0.266. The normalized spacial score (nSPS) is 10.1. The van der Waals surface area contributed by atoms with Crippen LogP contribution in [0.4, 0.5) is 5.69 Å². The molecule has 0 aromatic heterocycles. The van der Waals surface area contributed by atoms with E-state index in [9.17, 15) is 4.79 Å². The van der Waals surface area contributed by atoms with Crippen LogP contribution in [0.25, 0.3) is 0 Å². The zero-order valence-electron chi connectivity index (χ0n) is 8.54. The molecule has 0 aliphatic heterocycles. The molecular weight excluding hydrogens is 218 g/mol. The van der Waals surface area contributed by atoms with Gasteiger partial charge in [-0.25, -0.2) is 4.79 Å². The molecule has 2 N–H and O–H groups in total. The van der Waals surface area contributed by atoms with Crippen LogP contribution in [0.2, 0.25) is 5.02 Å². The summed E-state index contributed by atoms with van der Waals surface area (Å²) in [6, 6.07) is 3.09. The lowest BCUT2D eigenvalue weighted by Crippen LogP contribution is -2.06. The standard InChI is InChI=1S/C10H12ClNO3/c1-14-5-6-3-9(12)7(4-8(6)11)10(13)15-2/h3-4H,5,12H2,1-2H3. The molecule has 0 atom stereocenters. The number of benzene rings is 1. The van der Waals surface area contributed by atoms with E-state index >= 15 is 0 Å². The molecule has 4 nitrogen and oxygen atoms in total. The van der Waals surface area contributed by atoms with Gasteiger partial charge in [0.05, 0.1) is 19.3 Å². The van der Waals surface area contributed by atoms with E-state index in [4.69, 9.17) is 22.1 Å². The second-order valence-corrected chi connectivity index (χ2v) is 3.36. The van der Waals surface area contributed by atoms with E-state index < -0.39 is 5.97 Å². The Hall–Kier alpha value is -1.26. The molecule has 0 heterocycles. The monoisotopic (exact) mass is 229 g/mol. The van der Waals surface area contributed by atoms with Crippen molar-refractivity contribution >= 4 is 23.3 Å². The maximum absolute atomic E-state index is 11.3.